The average Bonchev–Trinajstić information content (AvgIpc) is 3.50. The summed E-state index contributed by atoms with van der Waals surface area (Å²) in [5, 5.41) is 9.50. The third kappa shape index (κ3) is 5.75. The number of rotatable bonds is 7. The molecular weight excluding hydrogens is 573 g/mol. The second-order valence-corrected chi connectivity index (χ2v) is 13.4. The highest BCUT2D eigenvalue weighted by Gasteiger charge is 2.44. The van der Waals surface area contributed by atoms with Gasteiger partial charge >= 0.3 is 5.97 Å². The van der Waals surface area contributed by atoms with Crippen LogP contribution in [0, 0.1) is 17.7 Å². The van der Waals surface area contributed by atoms with Gasteiger partial charge in [0.15, 0.2) is 5.78 Å². The molecule has 2 fully saturated rings. The lowest BCUT2D eigenvalue weighted by atomic mass is 9.83. The summed E-state index contributed by atoms with van der Waals surface area (Å²) >= 11 is 6.26. The Kier molecular flexibility index (Phi) is 7.97. The molecule has 5 rings (SSSR count). The van der Waals surface area contributed by atoms with Crippen LogP contribution in [-0.4, -0.2) is 76.9 Å². The Bertz CT molecular complexity index is 1630. The van der Waals surface area contributed by atoms with E-state index in [2.05, 4.69) is 0 Å². The van der Waals surface area contributed by atoms with E-state index in [4.69, 9.17) is 16.7 Å². The summed E-state index contributed by atoms with van der Waals surface area (Å²) in [5.41, 5.74) is 1.09. The molecular formula is C29H31ClFN3O6S. The number of aromatic carboxylic acids is 1. The number of carboxylic acid groups (broad SMARTS) is 1. The quantitative estimate of drug-likeness (QED) is 0.437. The first kappa shape index (κ1) is 29.2. The standard InChI is InChI=1S/C29H31ClFN3O6S/c1-32-16-22(30)26-23(32)8-7-21(27(26)31)28(36)34-15-20(18-9-11-33(12-10-18)41(2,39)40)14-24(34)25(35)13-17-3-5-19(6-4-17)29(37)38/h3-8,16,18,20,24H,9-15H2,1-2H3,(H,37,38)/t20-,24-/m0/s1. The van der Waals surface area contributed by atoms with Gasteiger partial charge in [0, 0.05) is 39.3 Å². The number of hydrogen-bond donors (Lipinski definition) is 1. The topological polar surface area (TPSA) is 117 Å². The second kappa shape index (κ2) is 11.2. The van der Waals surface area contributed by atoms with Crippen molar-refractivity contribution in [3.05, 3.63) is 70.1 Å². The van der Waals surface area contributed by atoms with Gasteiger partial charge in [-0.3, -0.25) is 9.59 Å². The van der Waals surface area contributed by atoms with E-state index in [-0.39, 0.29) is 52.1 Å². The van der Waals surface area contributed by atoms with Crippen LogP contribution in [0.3, 0.4) is 0 Å². The molecule has 12 heteroatoms. The van der Waals surface area contributed by atoms with E-state index in [9.17, 15) is 22.8 Å². The van der Waals surface area contributed by atoms with E-state index in [1.807, 2.05) is 0 Å². The number of Topliss-reactive ketones (excluding diaryl/α,β-unsaturated/α-hetero) is 1. The molecule has 1 amide bonds. The molecule has 2 aliphatic rings. The number of aryl methyl sites for hydroxylation is 1. The molecule has 41 heavy (non-hydrogen) atoms. The highest BCUT2D eigenvalue weighted by molar-refractivity contribution is 7.88. The maximum absolute atomic E-state index is 15.7. The number of benzene rings is 2. The Morgan fingerprint density at radius 1 is 1.05 bits per heavy atom. The van der Waals surface area contributed by atoms with Crippen molar-refractivity contribution in [2.75, 3.05) is 25.9 Å². The van der Waals surface area contributed by atoms with Crippen molar-refractivity contribution in [1.82, 2.24) is 13.8 Å². The predicted molar refractivity (Wildman–Crippen MR) is 152 cm³/mol. The fourth-order valence-electron chi connectivity index (χ4n) is 6.21. The number of halogens is 2. The number of carbonyl (C=O) groups is 3. The summed E-state index contributed by atoms with van der Waals surface area (Å²) in [6.45, 7) is 0.997. The minimum atomic E-state index is -3.30. The number of amides is 1. The van der Waals surface area contributed by atoms with Crippen molar-refractivity contribution in [2.24, 2.45) is 18.9 Å². The number of aromatic nitrogens is 1. The van der Waals surface area contributed by atoms with Gasteiger partial charge < -0.3 is 14.6 Å². The number of ketones is 1. The van der Waals surface area contributed by atoms with Gasteiger partial charge in [0.2, 0.25) is 10.0 Å². The van der Waals surface area contributed by atoms with Crippen molar-refractivity contribution in [2.45, 2.75) is 31.7 Å². The van der Waals surface area contributed by atoms with E-state index in [1.54, 1.807) is 36.0 Å². The van der Waals surface area contributed by atoms with Gasteiger partial charge in [-0.1, -0.05) is 23.7 Å². The summed E-state index contributed by atoms with van der Waals surface area (Å²) in [7, 11) is -1.57. The summed E-state index contributed by atoms with van der Waals surface area (Å²) in [6.07, 6.45) is 4.34. The highest BCUT2D eigenvalue weighted by Crippen LogP contribution is 2.38. The Morgan fingerprint density at radius 3 is 2.32 bits per heavy atom. The van der Waals surface area contributed by atoms with Crippen LogP contribution in [0.15, 0.2) is 42.6 Å². The number of piperidine rings is 1. The number of carbonyl (C=O) groups excluding carboxylic acids is 2. The number of hydrogen-bond acceptors (Lipinski definition) is 5. The predicted octanol–water partition coefficient (Wildman–Crippen LogP) is 3.98. The SMILES string of the molecule is Cn1cc(Cl)c2c(F)c(C(=O)N3C[C@@H](C4CCN(S(C)(=O)=O)CC4)C[C@H]3C(=O)Cc3ccc(C(=O)O)cc3)ccc21. The van der Waals surface area contributed by atoms with E-state index < -0.39 is 33.8 Å². The smallest absolute Gasteiger partial charge is 0.335 e. The normalized spacial score (nSPS) is 20.5. The van der Waals surface area contributed by atoms with Crippen LogP contribution in [0.4, 0.5) is 4.39 Å². The number of carboxylic acids is 1. The number of nitrogens with zero attached hydrogens (tertiary/aromatic N) is 3. The van der Waals surface area contributed by atoms with Crippen LogP contribution >= 0.6 is 11.6 Å². The Hall–Kier alpha value is -3.28. The van der Waals surface area contributed by atoms with Crippen molar-refractivity contribution in [3.8, 4) is 0 Å². The second-order valence-electron chi connectivity index (χ2n) is 11.0. The van der Waals surface area contributed by atoms with Crippen LogP contribution in [0.1, 0.15) is 45.5 Å². The maximum atomic E-state index is 15.7. The molecule has 1 aromatic heterocycles. The van der Waals surface area contributed by atoms with Gasteiger partial charge in [0.25, 0.3) is 5.91 Å². The van der Waals surface area contributed by atoms with E-state index in [0.717, 1.165) is 0 Å². The molecule has 9 nitrogen and oxygen atoms in total. The molecule has 2 atom stereocenters. The van der Waals surface area contributed by atoms with Gasteiger partial charge in [-0.15, -0.1) is 0 Å². The molecule has 2 aromatic carbocycles. The molecule has 2 aliphatic heterocycles. The number of likely N-dealkylation sites (tertiary alicyclic amines) is 1. The van der Waals surface area contributed by atoms with Gasteiger partial charge in [0.05, 0.1) is 39.4 Å². The number of sulfonamides is 1. The van der Waals surface area contributed by atoms with Gasteiger partial charge in [-0.05, 0) is 60.9 Å². The molecule has 3 aromatic rings. The third-order valence-corrected chi connectivity index (χ3v) is 10.0. The first-order valence-corrected chi connectivity index (χ1v) is 15.6. The average molecular weight is 604 g/mol. The molecule has 0 bridgehead atoms. The maximum Gasteiger partial charge on any atom is 0.335 e. The third-order valence-electron chi connectivity index (χ3n) is 8.46. The minimum Gasteiger partial charge on any atom is -0.478 e. The van der Waals surface area contributed by atoms with E-state index in [0.29, 0.717) is 43.4 Å². The fraction of sp³-hybridized carbons (Fsp3) is 0.414. The first-order chi connectivity index (χ1) is 19.3. The minimum absolute atomic E-state index is 0.0143. The van der Waals surface area contributed by atoms with Crippen molar-refractivity contribution in [1.29, 1.82) is 0 Å². The zero-order chi connectivity index (χ0) is 29.6. The monoisotopic (exact) mass is 603 g/mol. The van der Waals surface area contributed by atoms with Crippen LogP contribution in [0.25, 0.3) is 10.9 Å². The summed E-state index contributed by atoms with van der Waals surface area (Å²) in [6, 6.07) is 8.25. The van der Waals surface area contributed by atoms with Gasteiger partial charge in [0.1, 0.15) is 5.82 Å². The first-order valence-electron chi connectivity index (χ1n) is 13.4. The largest absolute Gasteiger partial charge is 0.478 e. The summed E-state index contributed by atoms with van der Waals surface area (Å²) < 4.78 is 42.8. The van der Waals surface area contributed by atoms with Gasteiger partial charge in [-0.25, -0.2) is 21.9 Å². The van der Waals surface area contributed by atoms with Crippen molar-refractivity contribution in [3.63, 3.8) is 0 Å². The van der Waals surface area contributed by atoms with Crippen molar-refractivity contribution >= 4 is 50.2 Å². The zero-order valence-electron chi connectivity index (χ0n) is 22.7. The molecule has 0 radical (unpaired) electrons. The lowest BCUT2D eigenvalue weighted by Crippen LogP contribution is -2.42. The molecule has 2 saturated heterocycles. The lowest BCUT2D eigenvalue weighted by Gasteiger charge is -2.33. The molecule has 0 saturated carbocycles. The summed E-state index contributed by atoms with van der Waals surface area (Å²) in [5.74, 6) is -2.59. The molecule has 218 valence electrons. The Balaban J connectivity index is 1.42. The van der Waals surface area contributed by atoms with Gasteiger partial charge in [-0.2, -0.15) is 0 Å². The molecule has 1 N–H and O–H groups in total. The molecule has 0 unspecified atom stereocenters. The molecule has 3 heterocycles. The van der Waals surface area contributed by atoms with Crippen LogP contribution in [-0.2, 0) is 28.3 Å². The van der Waals surface area contributed by atoms with E-state index in [1.165, 1.54) is 33.7 Å². The highest BCUT2D eigenvalue weighted by atomic mass is 35.5. The molecule has 0 aliphatic carbocycles. The Morgan fingerprint density at radius 2 is 1.71 bits per heavy atom. The lowest BCUT2D eigenvalue weighted by molar-refractivity contribution is -0.122. The zero-order valence-corrected chi connectivity index (χ0v) is 24.3. The Labute approximate surface area is 242 Å². The fourth-order valence-corrected chi connectivity index (χ4v) is 7.41. The number of fused-ring (bicyclic) bond motifs is 1. The molecule has 0 spiro atoms. The summed E-state index contributed by atoms with van der Waals surface area (Å²) in [4.78, 5) is 40.1. The van der Waals surface area contributed by atoms with Crippen LogP contribution < -0.4 is 0 Å². The van der Waals surface area contributed by atoms with Crippen LogP contribution in [0.2, 0.25) is 5.02 Å². The van der Waals surface area contributed by atoms with Crippen LogP contribution in [0.5, 0.6) is 0 Å². The van der Waals surface area contributed by atoms with Crippen molar-refractivity contribution < 1.29 is 32.3 Å². The van der Waals surface area contributed by atoms with E-state index >= 15 is 4.39 Å².